The molecule has 1 N–H and O–H groups in total. The van der Waals surface area contributed by atoms with Crippen molar-refractivity contribution >= 4 is 11.6 Å². The summed E-state index contributed by atoms with van der Waals surface area (Å²) in [7, 11) is 0. The number of carbonyl (C=O) groups is 1. The highest BCUT2D eigenvalue weighted by Crippen LogP contribution is 2.17. The summed E-state index contributed by atoms with van der Waals surface area (Å²) in [5.74, 6) is 6.22. The van der Waals surface area contributed by atoms with Gasteiger partial charge in [-0.2, -0.15) is 0 Å². The standard InChI is InChI=1S/C19H19NO/c1-19(2,3)18(21)20-17-13-11-16(12-14-17)10-9-15-7-5-4-6-8-15/h4-8,11-14H,1-3H3,(H,20,21). The van der Waals surface area contributed by atoms with Crippen LogP contribution in [0.3, 0.4) is 0 Å². The van der Waals surface area contributed by atoms with Crippen LogP contribution in [0, 0.1) is 17.3 Å². The van der Waals surface area contributed by atoms with Gasteiger partial charge >= 0.3 is 0 Å². The van der Waals surface area contributed by atoms with E-state index in [1.807, 2.05) is 75.4 Å². The minimum atomic E-state index is -0.397. The van der Waals surface area contributed by atoms with Gasteiger partial charge in [-0.15, -0.1) is 0 Å². The van der Waals surface area contributed by atoms with Crippen LogP contribution in [0.15, 0.2) is 54.6 Å². The number of carbonyl (C=O) groups excluding carboxylic acids is 1. The molecule has 21 heavy (non-hydrogen) atoms. The molecule has 0 atom stereocenters. The summed E-state index contributed by atoms with van der Waals surface area (Å²) in [5, 5.41) is 2.90. The first kappa shape index (κ1) is 14.9. The summed E-state index contributed by atoms with van der Waals surface area (Å²) in [6, 6.07) is 17.4. The Morgan fingerprint density at radius 1 is 0.857 bits per heavy atom. The van der Waals surface area contributed by atoms with Gasteiger partial charge in [-0.3, -0.25) is 4.79 Å². The molecule has 2 nitrogen and oxygen atoms in total. The lowest BCUT2D eigenvalue weighted by Gasteiger charge is -2.17. The summed E-state index contributed by atoms with van der Waals surface area (Å²) in [6.07, 6.45) is 0. The number of nitrogens with one attached hydrogen (secondary N) is 1. The van der Waals surface area contributed by atoms with Crippen molar-refractivity contribution in [3.8, 4) is 11.8 Å². The van der Waals surface area contributed by atoms with Crippen LogP contribution < -0.4 is 5.32 Å². The van der Waals surface area contributed by atoms with E-state index in [1.165, 1.54) is 0 Å². The molecule has 2 aromatic rings. The Labute approximate surface area is 126 Å². The van der Waals surface area contributed by atoms with Crippen molar-refractivity contribution in [2.45, 2.75) is 20.8 Å². The highest BCUT2D eigenvalue weighted by molar-refractivity contribution is 5.94. The van der Waals surface area contributed by atoms with Crippen LogP contribution in [0.4, 0.5) is 5.69 Å². The molecule has 0 radical (unpaired) electrons. The van der Waals surface area contributed by atoms with Crippen molar-refractivity contribution in [3.63, 3.8) is 0 Å². The second kappa shape index (κ2) is 6.28. The molecule has 2 rings (SSSR count). The minimum absolute atomic E-state index is 0.00520. The summed E-state index contributed by atoms with van der Waals surface area (Å²) in [4.78, 5) is 11.9. The molecule has 0 fully saturated rings. The SMILES string of the molecule is CC(C)(C)C(=O)Nc1ccc(C#Cc2ccccc2)cc1. The Kier molecular flexibility index (Phi) is 4.45. The van der Waals surface area contributed by atoms with Gasteiger partial charge in [0.25, 0.3) is 0 Å². The molecule has 0 heterocycles. The normalized spacial score (nSPS) is 10.4. The second-order valence-corrected chi connectivity index (χ2v) is 5.90. The van der Waals surface area contributed by atoms with Crippen molar-refractivity contribution in [2.24, 2.45) is 5.41 Å². The molecular weight excluding hydrogens is 258 g/mol. The van der Waals surface area contributed by atoms with E-state index in [9.17, 15) is 4.79 Å². The molecule has 0 aliphatic carbocycles. The Hall–Kier alpha value is -2.53. The Balaban J connectivity index is 2.07. The van der Waals surface area contributed by atoms with Crippen molar-refractivity contribution in [1.29, 1.82) is 0 Å². The Bertz CT molecular complexity index is 667. The fourth-order valence-electron chi connectivity index (χ4n) is 1.62. The van der Waals surface area contributed by atoms with Crippen molar-refractivity contribution in [2.75, 3.05) is 5.32 Å². The van der Waals surface area contributed by atoms with Crippen LogP contribution in [-0.4, -0.2) is 5.91 Å². The number of hydrogen-bond donors (Lipinski definition) is 1. The predicted octanol–water partition coefficient (Wildman–Crippen LogP) is 4.07. The molecular formula is C19H19NO. The van der Waals surface area contributed by atoms with Crippen molar-refractivity contribution < 1.29 is 4.79 Å². The average molecular weight is 277 g/mol. The van der Waals surface area contributed by atoms with E-state index in [2.05, 4.69) is 17.2 Å². The third-order valence-electron chi connectivity index (χ3n) is 2.95. The molecule has 2 heteroatoms. The molecule has 0 saturated carbocycles. The first-order valence-electron chi connectivity index (χ1n) is 6.94. The molecule has 0 aliphatic rings. The number of amides is 1. The Morgan fingerprint density at radius 3 is 1.90 bits per heavy atom. The number of hydrogen-bond acceptors (Lipinski definition) is 1. The first-order valence-corrected chi connectivity index (χ1v) is 6.94. The fourth-order valence-corrected chi connectivity index (χ4v) is 1.62. The summed E-state index contributed by atoms with van der Waals surface area (Å²) in [5.41, 5.74) is 2.31. The van der Waals surface area contributed by atoms with Gasteiger partial charge in [-0.25, -0.2) is 0 Å². The topological polar surface area (TPSA) is 29.1 Å². The summed E-state index contributed by atoms with van der Waals surface area (Å²) in [6.45, 7) is 5.67. The lowest BCUT2D eigenvalue weighted by Crippen LogP contribution is -2.27. The van der Waals surface area contributed by atoms with Gasteiger partial charge in [0.2, 0.25) is 5.91 Å². The summed E-state index contributed by atoms with van der Waals surface area (Å²) >= 11 is 0. The largest absolute Gasteiger partial charge is 0.326 e. The number of benzene rings is 2. The smallest absolute Gasteiger partial charge is 0.229 e. The molecule has 106 valence electrons. The second-order valence-electron chi connectivity index (χ2n) is 5.90. The molecule has 0 saturated heterocycles. The Morgan fingerprint density at radius 2 is 1.38 bits per heavy atom. The van der Waals surface area contributed by atoms with Gasteiger partial charge in [0, 0.05) is 22.2 Å². The predicted molar refractivity (Wildman–Crippen MR) is 86.9 cm³/mol. The van der Waals surface area contributed by atoms with Crippen LogP contribution in [0.2, 0.25) is 0 Å². The maximum atomic E-state index is 11.9. The zero-order valence-electron chi connectivity index (χ0n) is 12.6. The molecule has 1 amide bonds. The maximum absolute atomic E-state index is 11.9. The van der Waals surface area contributed by atoms with E-state index >= 15 is 0 Å². The molecule has 0 spiro atoms. The van der Waals surface area contributed by atoms with Gasteiger partial charge in [-0.05, 0) is 36.4 Å². The average Bonchev–Trinajstić information content (AvgIpc) is 2.46. The zero-order chi connectivity index (χ0) is 15.3. The molecule has 0 aromatic heterocycles. The molecule has 2 aromatic carbocycles. The van der Waals surface area contributed by atoms with E-state index in [-0.39, 0.29) is 5.91 Å². The van der Waals surface area contributed by atoms with Gasteiger partial charge in [0.15, 0.2) is 0 Å². The lowest BCUT2D eigenvalue weighted by atomic mass is 9.95. The van der Waals surface area contributed by atoms with Crippen LogP contribution >= 0.6 is 0 Å². The zero-order valence-corrected chi connectivity index (χ0v) is 12.6. The van der Waals surface area contributed by atoms with Crippen LogP contribution in [0.5, 0.6) is 0 Å². The van der Waals surface area contributed by atoms with Gasteiger partial charge in [-0.1, -0.05) is 50.8 Å². The highest BCUT2D eigenvalue weighted by Gasteiger charge is 2.20. The fraction of sp³-hybridized carbons (Fsp3) is 0.211. The lowest BCUT2D eigenvalue weighted by molar-refractivity contribution is -0.123. The van der Waals surface area contributed by atoms with Gasteiger partial charge in [0.05, 0.1) is 0 Å². The van der Waals surface area contributed by atoms with E-state index in [4.69, 9.17) is 0 Å². The monoisotopic (exact) mass is 277 g/mol. The minimum Gasteiger partial charge on any atom is -0.326 e. The number of rotatable bonds is 1. The molecule has 0 unspecified atom stereocenters. The first-order chi connectivity index (χ1) is 9.95. The number of anilines is 1. The molecule has 0 aliphatic heterocycles. The van der Waals surface area contributed by atoms with Crippen molar-refractivity contribution in [3.05, 3.63) is 65.7 Å². The quantitative estimate of drug-likeness (QED) is 0.782. The van der Waals surface area contributed by atoms with Crippen LogP contribution in [0.1, 0.15) is 31.9 Å². The van der Waals surface area contributed by atoms with Crippen LogP contribution in [-0.2, 0) is 4.79 Å². The van der Waals surface area contributed by atoms with Crippen LogP contribution in [0.25, 0.3) is 0 Å². The van der Waals surface area contributed by atoms with E-state index in [0.717, 1.165) is 16.8 Å². The van der Waals surface area contributed by atoms with E-state index < -0.39 is 5.41 Å². The maximum Gasteiger partial charge on any atom is 0.229 e. The summed E-state index contributed by atoms with van der Waals surface area (Å²) < 4.78 is 0. The van der Waals surface area contributed by atoms with E-state index in [1.54, 1.807) is 0 Å². The van der Waals surface area contributed by atoms with Gasteiger partial charge < -0.3 is 5.32 Å². The molecule has 0 bridgehead atoms. The van der Waals surface area contributed by atoms with Crippen molar-refractivity contribution in [1.82, 2.24) is 0 Å². The highest BCUT2D eigenvalue weighted by atomic mass is 16.2. The van der Waals surface area contributed by atoms with Gasteiger partial charge in [0.1, 0.15) is 0 Å². The third-order valence-corrected chi connectivity index (χ3v) is 2.95. The third kappa shape index (κ3) is 4.50. The van der Waals surface area contributed by atoms with E-state index in [0.29, 0.717) is 0 Å².